The van der Waals surface area contributed by atoms with Gasteiger partial charge in [-0.25, -0.2) is 4.98 Å². The number of aromatic nitrogens is 1. The fourth-order valence-electron chi connectivity index (χ4n) is 2.86. The first kappa shape index (κ1) is 13.2. The third kappa shape index (κ3) is 2.70. The number of nitrogens with two attached hydrogens (primary N) is 1. The molecule has 1 fully saturated rings. The van der Waals surface area contributed by atoms with Gasteiger partial charge in [-0.15, -0.1) is 0 Å². The molecular weight excluding hydrogens is 250 g/mol. The highest BCUT2D eigenvalue weighted by Crippen LogP contribution is 2.24. The van der Waals surface area contributed by atoms with E-state index in [0.29, 0.717) is 12.0 Å². The van der Waals surface area contributed by atoms with Gasteiger partial charge in [-0.05, 0) is 43.2 Å². The van der Waals surface area contributed by atoms with Crippen molar-refractivity contribution in [3.63, 3.8) is 0 Å². The fourth-order valence-corrected chi connectivity index (χ4v) is 2.86. The minimum Gasteiger partial charge on any atom is -0.399 e. The number of ether oxygens (including phenoxy) is 1. The van der Waals surface area contributed by atoms with Crippen LogP contribution in [0, 0.1) is 5.92 Å². The standard InChI is InChI=1S/C16H21N3O/c1-2-15-12(7-8-20-15)10-18-16-6-3-11-9-13(17)4-5-14(11)19-16/h3-6,9,12,15H,2,7-8,10,17H2,1H3,(H,18,19). The average Bonchev–Trinajstić information content (AvgIpc) is 2.92. The number of hydrogen-bond acceptors (Lipinski definition) is 4. The number of hydrogen-bond donors (Lipinski definition) is 2. The molecule has 4 heteroatoms. The monoisotopic (exact) mass is 271 g/mol. The lowest BCUT2D eigenvalue weighted by molar-refractivity contribution is 0.0900. The molecule has 106 valence electrons. The molecule has 0 bridgehead atoms. The Labute approximate surface area is 119 Å². The number of nitrogen functional groups attached to an aromatic ring is 1. The molecule has 2 aromatic rings. The van der Waals surface area contributed by atoms with Crippen molar-refractivity contribution in [3.05, 3.63) is 30.3 Å². The van der Waals surface area contributed by atoms with E-state index in [4.69, 9.17) is 10.5 Å². The third-order valence-electron chi connectivity index (χ3n) is 4.01. The van der Waals surface area contributed by atoms with Gasteiger partial charge in [0.2, 0.25) is 0 Å². The zero-order valence-electron chi connectivity index (χ0n) is 11.8. The molecule has 1 aliphatic heterocycles. The molecule has 1 aromatic heterocycles. The second-order valence-corrected chi connectivity index (χ2v) is 5.40. The summed E-state index contributed by atoms with van der Waals surface area (Å²) in [5.74, 6) is 1.51. The minimum atomic E-state index is 0.391. The first-order valence-corrected chi connectivity index (χ1v) is 7.28. The van der Waals surface area contributed by atoms with Crippen LogP contribution in [0.25, 0.3) is 10.9 Å². The van der Waals surface area contributed by atoms with E-state index in [9.17, 15) is 0 Å². The Bertz CT molecular complexity index is 599. The lowest BCUT2D eigenvalue weighted by Crippen LogP contribution is -2.23. The molecule has 1 aromatic carbocycles. The van der Waals surface area contributed by atoms with Crippen LogP contribution in [0.1, 0.15) is 19.8 Å². The van der Waals surface area contributed by atoms with Gasteiger partial charge in [0.1, 0.15) is 5.82 Å². The van der Waals surface area contributed by atoms with E-state index in [0.717, 1.165) is 48.4 Å². The van der Waals surface area contributed by atoms with Gasteiger partial charge in [0.05, 0.1) is 11.6 Å². The zero-order valence-corrected chi connectivity index (χ0v) is 11.8. The van der Waals surface area contributed by atoms with Crippen LogP contribution in [0.5, 0.6) is 0 Å². The molecule has 1 saturated heterocycles. The molecule has 4 nitrogen and oxygen atoms in total. The summed E-state index contributed by atoms with van der Waals surface area (Å²) >= 11 is 0. The SMILES string of the molecule is CCC1OCCC1CNc1ccc2cc(N)ccc2n1. The van der Waals surface area contributed by atoms with Crippen molar-refractivity contribution < 1.29 is 4.74 Å². The topological polar surface area (TPSA) is 60.2 Å². The first-order chi connectivity index (χ1) is 9.76. The largest absolute Gasteiger partial charge is 0.399 e. The van der Waals surface area contributed by atoms with Crippen LogP contribution < -0.4 is 11.1 Å². The molecule has 2 atom stereocenters. The average molecular weight is 271 g/mol. The Hall–Kier alpha value is -1.81. The number of fused-ring (bicyclic) bond motifs is 1. The number of anilines is 2. The number of benzene rings is 1. The predicted octanol–water partition coefficient (Wildman–Crippen LogP) is 3.04. The summed E-state index contributed by atoms with van der Waals surface area (Å²) in [6.45, 7) is 3.99. The van der Waals surface area contributed by atoms with E-state index in [1.54, 1.807) is 0 Å². The maximum absolute atomic E-state index is 5.78. The van der Waals surface area contributed by atoms with Gasteiger partial charge in [-0.2, -0.15) is 0 Å². The highest BCUT2D eigenvalue weighted by Gasteiger charge is 2.26. The van der Waals surface area contributed by atoms with E-state index >= 15 is 0 Å². The van der Waals surface area contributed by atoms with E-state index in [-0.39, 0.29) is 0 Å². The van der Waals surface area contributed by atoms with Crippen molar-refractivity contribution in [3.8, 4) is 0 Å². The summed E-state index contributed by atoms with van der Waals surface area (Å²) in [7, 11) is 0. The number of pyridine rings is 1. The Morgan fingerprint density at radius 2 is 2.25 bits per heavy atom. The Morgan fingerprint density at radius 3 is 3.10 bits per heavy atom. The highest BCUT2D eigenvalue weighted by atomic mass is 16.5. The minimum absolute atomic E-state index is 0.391. The summed E-state index contributed by atoms with van der Waals surface area (Å²) in [5.41, 5.74) is 7.52. The molecule has 0 saturated carbocycles. The summed E-state index contributed by atoms with van der Waals surface area (Å²) < 4.78 is 5.71. The first-order valence-electron chi connectivity index (χ1n) is 7.28. The van der Waals surface area contributed by atoms with Crippen LogP contribution in [0.15, 0.2) is 30.3 Å². The molecule has 3 N–H and O–H groups in total. The van der Waals surface area contributed by atoms with Gasteiger partial charge in [-0.1, -0.05) is 6.92 Å². The van der Waals surface area contributed by atoms with Crippen LogP contribution in [-0.4, -0.2) is 24.2 Å². The highest BCUT2D eigenvalue weighted by molar-refractivity contribution is 5.83. The normalized spacial score (nSPS) is 22.2. The molecule has 0 radical (unpaired) electrons. The van der Waals surface area contributed by atoms with Gasteiger partial charge in [-0.3, -0.25) is 0 Å². The summed E-state index contributed by atoms with van der Waals surface area (Å²) in [5, 5.41) is 4.51. The lowest BCUT2D eigenvalue weighted by atomic mass is 10.00. The predicted molar refractivity (Wildman–Crippen MR) is 82.8 cm³/mol. The van der Waals surface area contributed by atoms with Crippen LogP contribution in [0.4, 0.5) is 11.5 Å². The Balaban J connectivity index is 1.70. The van der Waals surface area contributed by atoms with Gasteiger partial charge in [0.15, 0.2) is 0 Å². The maximum atomic E-state index is 5.78. The van der Waals surface area contributed by atoms with Crippen molar-refractivity contribution in [1.29, 1.82) is 0 Å². The maximum Gasteiger partial charge on any atom is 0.126 e. The summed E-state index contributed by atoms with van der Waals surface area (Å²) in [6.07, 6.45) is 2.61. The van der Waals surface area contributed by atoms with Crippen molar-refractivity contribution in [2.24, 2.45) is 5.92 Å². The summed E-state index contributed by atoms with van der Waals surface area (Å²) in [4.78, 5) is 4.62. The quantitative estimate of drug-likeness (QED) is 0.839. The molecule has 0 aliphatic carbocycles. The third-order valence-corrected chi connectivity index (χ3v) is 4.01. The molecule has 3 rings (SSSR count). The second-order valence-electron chi connectivity index (χ2n) is 5.40. The van der Waals surface area contributed by atoms with E-state index in [1.807, 2.05) is 24.3 Å². The number of nitrogens with one attached hydrogen (secondary N) is 1. The smallest absolute Gasteiger partial charge is 0.126 e. The van der Waals surface area contributed by atoms with Gasteiger partial charge >= 0.3 is 0 Å². The van der Waals surface area contributed by atoms with Crippen molar-refractivity contribution in [2.75, 3.05) is 24.2 Å². The van der Waals surface area contributed by atoms with Gasteiger partial charge < -0.3 is 15.8 Å². The Kier molecular flexibility index (Phi) is 3.74. The van der Waals surface area contributed by atoms with Crippen molar-refractivity contribution in [1.82, 2.24) is 4.98 Å². The molecule has 2 heterocycles. The van der Waals surface area contributed by atoms with E-state index < -0.39 is 0 Å². The van der Waals surface area contributed by atoms with Crippen LogP contribution in [0.2, 0.25) is 0 Å². The summed E-state index contributed by atoms with van der Waals surface area (Å²) in [6, 6.07) is 9.87. The second kappa shape index (κ2) is 5.67. The van der Waals surface area contributed by atoms with Crippen molar-refractivity contribution in [2.45, 2.75) is 25.9 Å². The Morgan fingerprint density at radius 1 is 1.35 bits per heavy atom. The molecule has 2 unspecified atom stereocenters. The zero-order chi connectivity index (χ0) is 13.9. The fraction of sp³-hybridized carbons (Fsp3) is 0.438. The molecule has 1 aliphatic rings. The van der Waals surface area contributed by atoms with E-state index in [1.165, 1.54) is 0 Å². The van der Waals surface area contributed by atoms with Crippen LogP contribution in [-0.2, 0) is 4.74 Å². The molecule has 20 heavy (non-hydrogen) atoms. The molecule has 0 amide bonds. The number of rotatable bonds is 4. The van der Waals surface area contributed by atoms with E-state index in [2.05, 4.69) is 23.3 Å². The van der Waals surface area contributed by atoms with Gasteiger partial charge in [0, 0.05) is 30.1 Å². The van der Waals surface area contributed by atoms with Crippen molar-refractivity contribution >= 4 is 22.4 Å². The number of nitrogens with zero attached hydrogens (tertiary/aromatic N) is 1. The van der Waals surface area contributed by atoms with Crippen LogP contribution >= 0.6 is 0 Å². The molecule has 0 spiro atoms. The lowest BCUT2D eigenvalue weighted by Gasteiger charge is -2.17. The molecular formula is C16H21N3O. The van der Waals surface area contributed by atoms with Crippen LogP contribution in [0.3, 0.4) is 0 Å². The van der Waals surface area contributed by atoms with Gasteiger partial charge in [0.25, 0.3) is 0 Å².